The van der Waals surface area contributed by atoms with Gasteiger partial charge in [0.1, 0.15) is 41.7 Å². The molecule has 5 N–H and O–H groups in total. The number of aromatic hydroxyl groups is 1. The summed E-state index contributed by atoms with van der Waals surface area (Å²) in [5, 5.41) is 48.6. The van der Waals surface area contributed by atoms with Crippen LogP contribution in [-0.4, -0.2) is 70.0 Å². The SMILES string of the molecule is COc1cc(O)cc(/C=C\c2ccc(OC3OC(CO)C(O)C(O)C3O)cc2)c1. The number of aliphatic hydroxyl groups is 4. The van der Waals surface area contributed by atoms with E-state index in [1.54, 1.807) is 36.4 Å². The fourth-order valence-electron chi connectivity index (χ4n) is 2.97. The lowest BCUT2D eigenvalue weighted by atomic mass is 9.99. The number of ether oxygens (including phenoxy) is 3. The van der Waals surface area contributed by atoms with Crippen LogP contribution in [0.3, 0.4) is 0 Å². The first kappa shape index (κ1) is 21.1. The van der Waals surface area contributed by atoms with Crippen LogP contribution in [0.25, 0.3) is 12.2 Å². The molecule has 5 unspecified atom stereocenters. The second kappa shape index (κ2) is 9.25. The lowest BCUT2D eigenvalue weighted by molar-refractivity contribution is -0.277. The van der Waals surface area contributed by atoms with Crippen molar-refractivity contribution in [1.82, 2.24) is 0 Å². The molecule has 1 aliphatic rings. The Hall–Kier alpha value is -2.62. The first-order chi connectivity index (χ1) is 13.9. The zero-order valence-corrected chi connectivity index (χ0v) is 15.8. The predicted molar refractivity (Wildman–Crippen MR) is 104 cm³/mol. The summed E-state index contributed by atoms with van der Waals surface area (Å²) in [5.41, 5.74) is 1.62. The summed E-state index contributed by atoms with van der Waals surface area (Å²) in [4.78, 5) is 0. The van der Waals surface area contributed by atoms with Crippen molar-refractivity contribution < 1.29 is 39.7 Å². The summed E-state index contributed by atoms with van der Waals surface area (Å²) in [5.74, 6) is 1.03. The number of benzene rings is 2. The number of aliphatic hydroxyl groups excluding tert-OH is 4. The van der Waals surface area contributed by atoms with Crippen molar-refractivity contribution in [2.75, 3.05) is 13.7 Å². The second-order valence-electron chi connectivity index (χ2n) is 6.68. The van der Waals surface area contributed by atoms with Crippen LogP contribution in [0, 0.1) is 0 Å². The third-order valence-electron chi connectivity index (χ3n) is 4.60. The molecule has 8 nitrogen and oxygen atoms in total. The van der Waals surface area contributed by atoms with Crippen LogP contribution in [0.15, 0.2) is 42.5 Å². The minimum Gasteiger partial charge on any atom is -0.508 e. The molecule has 0 saturated carbocycles. The maximum atomic E-state index is 10.0. The van der Waals surface area contributed by atoms with E-state index in [2.05, 4.69) is 0 Å². The van der Waals surface area contributed by atoms with Crippen LogP contribution >= 0.6 is 0 Å². The van der Waals surface area contributed by atoms with E-state index in [4.69, 9.17) is 14.2 Å². The van der Waals surface area contributed by atoms with Gasteiger partial charge in [-0.2, -0.15) is 0 Å². The number of phenols is 1. The van der Waals surface area contributed by atoms with E-state index in [0.717, 1.165) is 11.1 Å². The molecule has 2 aromatic rings. The fourth-order valence-corrected chi connectivity index (χ4v) is 2.97. The number of rotatable bonds is 6. The zero-order valence-electron chi connectivity index (χ0n) is 15.8. The standard InChI is InChI=1S/C21H24O8/c1-27-16-9-13(8-14(23)10-16)3-2-12-4-6-15(7-5-12)28-21-20(26)19(25)18(24)17(11-22)29-21/h2-10,17-26H,11H2,1H3/b3-2-. The summed E-state index contributed by atoms with van der Waals surface area (Å²) in [6.07, 6.45) is -2.99. The average Bonchev–Trinajstić information content (AvgIpc) is 2.73. The third-order valence-corrected chi connectivity index (χ3v) is 4.60. The monoisotopic (exact) mass is 404 g/mol. The van der Waals surface area contributed by atoms with Crippen molar-refractivity contribution in [3.8, 4) is 17.2 Å². The molecule has 1 aliphatic heterocycles. The molecule has 1 saturated heterocycles. The molecule has 1 heterocycles. The molecule has 0 aliphatic carbocycles. The Morgan fingerprint density at radius 2 is 1.59 bits per heavy atom. The smallest absolute Gasteiger partial charge is 0.229 e. The number of hydrogen-bond acceptors (Lipinski definition) is 8. The molecule has 156 valence electrons. The van der Waals surface area contributed by atoms with Crippen molar-refractivity contribution >= 4 is 12.2 Å². The Bertz CT molecular complexity index is 833. The van der Waals surface area contributed by atoms with Gasteiger partial charge < -0.3 is 39.7 Å². The molecule has 0 aromatic heterocycles. The average molecular weight is 404 g/mol. The Kier molecular flexibility index (Phi) is 6.73. The molecule has 3 rings (SSSR count). The van der Waals surface area contributed by atoms with E-state index in [1.165, 1.54) is 13.2 Å². The van der Waals surface area contributed by atoms with Crippen LogP contribution in [0.5, 0.6) is 17.2 Å². The summed E-state index contributed by atoms with van der Waals surface area (Å²) < 4.78 is 16.0. The first-order valence-corrected chi connectivity index (χ1v) is 9.04. The van der Waals surface area contributed by atoms with Crippen LogP contribution in [0.4, 0.5) is 0 Å². The highest BCUT2D eigenvalue weighted by Crippen LogP contribution is 2.26. The molecule has 0 spiro atoms. The van der Waals surface area contributed by atoms with E-state index in [1.807, 2.05) is 12.2 Å². The summed E-state index contributed by atoms with van der Waals surface area (Å²) in [7, 11) is 1.52. The van der Waals surface area contributed by atoms with E-state index >= 15 is 0 Å². The molecule has 2 aromatic carbocycles. The van der Waals surface area contributed by atoms with Gasteiger partial charge in [-0.15, -0.1) is 0 Å². The molecular weight excluding hydrogens is 380 g/mol. The number of phenolic OH excluding ortho intramolecular Hbond substituents is 1. The largest absolute Gasteiger partial charge is 0.508 e. The van der Waals surface area contributed by atoms with E-state index in [0.29, 0.717) is 11.5 Å². The van der Waals surface area contributed by atoms with Gasteiger partial charge in [-0.1, -0.05) is 24.3 Å². The van der Waals surface area contributed by atoms with E-state index < -0.39 is 37.3 Å². The third kappa shape index (κ3) is 5.06. The van der Waals surface area contributed by atoms with E-state index in [9.17, 15) is 25.5 Å². The van der Waals surface area contributed by atoms with Gasteiger partial charge >= 0.3 is 0 Å². The minimum absolute atomic E-state index is 0.104. The van der Waals surface area contributed by atoms with Crippen LogP contribution < -0.4 is 9.47 Å². The summed E-state index contributed by atoms with van der Waals surface area (Å²) in [6, 6.07) is 11.8. The number of hydrogen-bond donors (Lipinski definition) is 5. The quantitative estimate of drug-likeness (QED) is 0.446. The molecular formula is C21H24O8. The Morgan fingerprint density at radius 1 is 0.897 bits per heavy atom. The van der Waals surface area contributed by atoms with Crippen LogP contribution in [0.2, 0.25) is 0 Å². The van der Waals surface area contributed by atoms with Crippen molar-refractivity contribution in [1.29, 1.82) is 0 Å². The van der Waals surface area contributed by atoms with Crippen molar-refractivity contribution in [3.63, 3.8) is 0 Å². The molecule has 0 amide bonds. The minimum atomic E-state index is -1.49. The van der Waals surface area contributed by atoms with Crippen LogP contribution in [0.1, 0.15) is 11.1 Å². The molecule has 8 heteroatoms. The van der Waals surface area contributed by atoms with Gasteiger partial charge in [0, 0.05) is 6.07 Å². The zero-order chi connectivity index (χ0) is 21.0. The van der Waals surface area contributed by atoms with Gasteiger partial charge in [0.05, 0.1) is 13.7 Å². The summed E-state index contributed by atoms with van der Waals surface area (Å²) >= 11 is 0. The molecule has 0 radical (unpaired) electrons. The van der Waals surface area contributed by atoms with Crippen molar-refractivity contribution in [2.24, 2.45) is 0 Å². The van der Waals surface area contributed by atoms with Gasteiger partial charge in [-0.25, -0.2) is 0 Å². The normalized spacial score (nSPS) is 27.1. The maximum absolute atomic E-state index is 10.0. The summed E-state index contributed by atoms with van der Waals surface area (Å²) in [6.45, 7) is -0.519. The molecule has 29 heavy (non-hydrogen) atoms. The van der Waals surface area contributed by atoms with E-state index in [-0.39, 0.29) is 5.75 Å². The van der Waals surface area contributed by atoms with Gasteiger partial charge in [0.25, 0.3) is 0 Å². The molecule has 5 atom stereocenters. The Labute approximate surface area is 167 Å². The highest BCUT2D eigenvalue weighted by atomic mass is 16.7. The first-order valence-electron chi connectivity index (χ1n) is 9.04. The van der Waals surface area contributed by atoms with Crippen molar-refractivity contribution in [2.45, 2.75) is 30.7 Å². The maximum Gasteiger partial charge on any atom is 0.229 e. The lowest BCUT2D eigenvalue weighted by Gasteiger charge is -2.39. The highest BCUT2D eigenvalue weighted by molar-refractivity contribution is 5.71. The highest BCUT2D eigenvalue weighted by Gasteiger charge is 2.44. The molecule has 1 fully saturated rings. The Balaban J connectivity index is 1.66. The predicted octanol–water partition coefficient (Wildman–Crippen LogP) is 0.750. The van der Waals surface area contributed by atoms with Crippen LogP contribution in [-0.2, 0) is 4.74 Å². The topological polar surface area (TPSA) is 129 Å². The molecule has 0 bridgehead atoms. The van der Waals surface area contributed by atoms with Gasteiger partial charge in [-0.3, -0.25) is 0 Å². The van der Waals surface area contributed by atoms with Gasteiger partial charge in [-0.05, 0) is 35.4 Å². The lowest BCUT2D eigenvalue weighted by Crippen LogP contribution is -2.60. The fraction of sp³-hybridized carbons (Fsp3) is 0.333. The second-order valence-corrected chi connectivity index (χ2v) is 6.68. The van der Waals surface area contributed by atoms with Gasteiger partial charge in [0.2, 0.25) is 6.29 Å². The Morgan fingerprint density at radius 3 is 2.24 bits per heavy atom. The van der Waals surface area contributed by atoms with Crippen molar-refractivity contribution in [3.05, 3.63) is 53.6 Å². The van der Waals surface area contributed by atoms with Gasteiger partial charge in [0.15, 0.2) is 0 Å². The number of methoxy groups -OCH3 is 1.